The highest BCUT2D eigenvalue weighted by Gasteiger charge is 2.62. The van der Waals surface area contributed by atoms with Crippen LogP contribution >= 0.6 is 0 Å². The summed E-state index contributed by atoms with van der Waals surface area (Å²) < 4.78 is 4.64. The van der Waals surface area contributed by atoms with Gasteiger partial charge < -0.3 is 9.57 Å². The van der Waals surface area contributed by atoms with Crippen LogP contribution in [0.3, 0.4) is 0 Å². The number of nitrogens with one attached hydrogen (secondary N) is 1. The van der Waals surface area contributed by atoms with Crippen LogP contribution in [0.5, 0.6) is 0 Å². The maximum Gasteiger partial charge on any atom is 0.440 e. The van der Waals surface area contributed by atoms with E-state index in [4.69, 9.17) is 4.84 Å². The smallest absolute Gasteiger partial charge is 0.440 e. The van der Waals surface area contributed by atoms with Crippen LogP contribution in [0.25, 0.3) is 0 Å². The van der Waals surface area contributed by atoms with E-state index in [9.17, 15) is 9.59 Å². The zero-order chi connectivity index (χ0) is 15.8. The first-order chi connectivity index (χ1) is 9.74. The van der Waals surface area contributed by atoms with E-state index in [0.717, 1.165) is 12.8 Å². The van der Waals surface area contributed by atoms with Crippen LogP contribution in [0.15, 0.2) is 12.2 Å². The molecule has 0 saturated heterocycles. The third kappa shape index (κ3) is 2.43. The van der Waals surface area contributed by atoms with E-state index in [0.29, 0.717) is 11.5 Å². The van der Waals surface area contributed by atoms with E-state index in [2.05, 4.69) is 32.1 Å². The third-order valence-corrected chi connectivity index (χ3v) is 5.98. The van der Waals surface area contributed by atoms with E-state index in [-0.39, 0.29) is 23.4 Å². The van der Waals surface area contributed by atoms with Gasteiger partial charge in [0, 0.05) is 5.57 Å². The van der Waals surface area contributed by atoms with Gasteiger partial charge in [0.1, 0.15) is 0 Å². The van der Waals surface area contributed by atoms with Crippen molar-refractivity contribution in [2.45, 2.75) is 47.0 Å². The lowest BCUT2D eigenvalue weighted by atomic mass is 9.65. The zero-order valence-corrected chi connectivity index (χ0v) is 13.3. The fraction of sp³-hybridized carbons (Fsp3) is 0.750. The maximum atomic E-state index is 12.1. The van der Waals surface area contributed by atoms with Gasteiger partial charge in [0.05, 0.1) is 6.61 Å². The average molecular weight is 295 g/mol. The van der Waals surface area contributed by atoms with Crippen LogP contribution in [-0.4, -0.2) is 18.7 Å². The maximum absolute atomic E-state index is 12.1. The molecule has 0 aromatic rings. The molecule has 1 amide bonds. The molecule has 2 aliphatic carbocycles. The molecular formula is C16H25NO4. The lowest BCUT2D eigenvalue weighted by Gasteiger charge is -2.39. The molecule has 0 radical (unpaired) electrons. The molecule has 118 valence electrons. The van der Waals surface area contributed by atoms with Crippen LogP contribution in [0.4, 0.5) is 4.79 Å². The number of hydrogen-bond donors (Lipinski definition) is 1. The van der Waals surface area contributed by atoms with Gasteiger partial charge in [0.15, 0.2) is 0 Å². The minimum atomic E-state index is -0.766. The number of rotatable bonds is 3. The van der Waals surface area contributed by atoms with Crippen molar-refractivity contribution >= 4 is 12.1 Å². The van der Waals surface area contributed by atoms with Gasteiger partial charge in [-0.15, -0.1) is 5.48 Å². The Morgan fingerprint density at radius 2 is 2.00 bits per heavy atom. The molecule has 1 unspecified atom stereocenters. The van der Waals surface area contributed by atoms with Crippen LogP contribution < -0.4 is 5.48 Å². The average Bonchev–Trinajstić information content (AvgIpc) is 2.77. The van der Waals surface area contributed by atoms with Crippen molar-refractivity contribution in [1.29, 1.82) is 0 Å². The number of ether oxygens (including phenoxy) is 1. The topological polar surface area (TPSA) is 64.6 Å². The molecule has 0 spiro atoms. The number of amides is 1. The Morgan fingerprint density at radius 3 is 2.48 bits per heavy atom. The predicted octanol–water partition coefficient (Wildman–Crippen LogP) is 3.21. The second-order valence-corrected chi connectivity index (χ2v) is 6.90. The quantitative estimate of drug-likeness (QED) is 0.641. The number of hydroxylamine groups is 1. The second-order valence-electron chi connectivity index (χ2n) is 6.90. The van der Waals surface area contributed by atoms with Crippen molar-refractivity contribution in [2.24, 2.45) is 22.7 Å². The molecule has 2 aliphatic rings. The minimum absolute atomic E-state index is 0.0672. The van der Waals surface area contributed by atoms with Crippen molar-refractivity contribution in [3.63, 3.8) is 0 Å². The highest BCUT2D eigenvalue weighted by Crippen LogP contribution is 2.69. The Kier molecular flexibility index (Phi) is 4.04. The Labute approximate surface area is 126 Å². The fourth-order valence-corrected chi connectivity index (χ4v) is 4.19. The van der Waals surface area contributed by atoms with E-state index in [1.807, 2.05) is 5.48 Å². The SMILES string of the molecule is C=C(C(=O)ONC(=O)OCC)C1C[C@H]2CC[C@@]1(C)C2(C)C. The molecule has 3 atom stereocenters. The molecule has 0 aromatic carbocycles. The highest BCUT2D eigenvalue weighted by molar-refractivity contribution is 5.89. The largest absolute Gasteiger partial charge is 0.448 e. The van der Waals surface area contributed by atoms with E-state index >= 15 is 0 Å². The Morgan fingerprint density at radius 1 is 1.33 bits per heavy atom. The summed E-state index contributed by atoms with van der Waals surface area (Å²) in [4.78, 5) is 28.0. The molecule has 1 N–H and O–H groups in total. The van der Waals surface area contributed by atoms with Crippen LogP contribution in [0.2, 0.25) is 0 Å². The lowest BCUT2D eigenvalue weighted by molar-refractivity contribution is -0.146. The molecule has 2 bridgehead atoms. The summed E-state index contributed by atoms with van der Waals surface area (Å²) in [5.41, 5.74) is 2.71. The van der Waals surface area contributed by atoms with Gasteiger partial charge in [-0.25, -0.2) is 9.59 Å². The van der Waals surface area contributed by atoms with Crippen LogP contribution in [-0.2, 0) is 14.4 Å². The monoisotopic (exact) mass is 295 g/mol. The summed E-state index contributed by atoms with van der Waals surface area (Å²) in [5.74, 6) is 0.162. The highest BCUT2D eigenvalue weighted by atomic mass is 16.7. The lowest BCUT2D eigenvalue weighted by Crippen LogP contribution is -2.36. The summed E-state index contributed by atoms with van der Waals surface area (Å²) >= 11 is 0. The van der Waals surface area contributed by atoms with Crippen molar-refractivity contribution in [1.82, 2.24) is 5.48 Å². The summed E-state index contributed by atoms with van der Waals surface area (Å²) in [5, 5.41) is 0. The molecule has 0 aliphatic heterocycles. The summed E-state index contributed by atoms with van der Waals surface area (Å²) in [7, 11) is 0. The predicted molar refractivity (Wildman–Crippen MR) is 78.1 cm³/mol. The first kappa shape index (κ1) is 15.9. The first-order valence-corrected chi connectivity index (χ1v) is 7.56. The summed E-state index contributed by atoms with van der Waals surface area (Å²) in [6, 6.07) is 0. The molecule has 2 rings (SSSR count). The molecule has 0 aromatic heterocycles. The Balaban J connectivity index is 1.98. The Bertz CT molecular complexity index is 471. The number of carbonyl (C=O) groups is 2. The van der Waals surface area contributed by atoms with Gasteiger partial charge in [-0.2, -0.15) is 0 Å². The van der Waals surface area contributed by atoms with E-state index in [1.165, 1.54) is 6.42 Å². The van der Waals surface area contributed by atoms with E-state index in [1.54, 1.807) is 6.92 Å². The zero-order valence-electron chi connectivity index (χ0n) is 13.3. The van der Waals surface area contributed by atoms with Gasteiger partial charge in [-0.1, -0.05) is 27.4 Å². The summed E-state index contributed by atoms with van der Waals surface area (Å²) in [6.45, 7) is 12.6. The van der Waals surface area contributed by atoms with E-state index < -0.39 is 12.1 Å². The molecule has 2 saturated carbocycles. The second kappa shape index (κ2) is 5.35. The summed E-state index contributed by atoms with van der Waals surface area (Å²) in [6.07, 6.45) is 2.52. The molecule has 21 heavy (non-hydrogen) atoms. The molecule has 2 fully saturated rings. The normalized spacial score (nSPS) is 32.6. The van der Waals surface area contributed by atoms with Gasteiger partial charge in [-0.05, 0) is 48.9 Å². The standard InChI is InChI=1S/C16H25NO4/c1-6-20-14(19)17-21-13(18)10(2)12-9-11-7-8-16(12,5)15(11,3)4/h11-12H,2,6-9H2,1,3-5H3,(H,17,19)/t11-,12?,16-/m1/s1. The van der Waals surface area contributed by atoms with Crippen molar-refractivity contribution < 1.29 is 19.2 Å². The van der Waals surface area contributed by atoms with Crippen molar-refractivity contribution in [3.8, 4) is 0 Å². The van der Waals surface area contributed by atoms with Gasteiger partial charge in [-0.3, -0.25) is 0 Å². The molecule has 5 heteroatoms. The van der Waals surface area contributed by atoms with Gasteiger partial charge in [0.2, 0.25) is 0 Å². The third-order valence-electron chi connectivity index (χ3n) is 5.98. The number of carbonyl (C=O) groups excluding carboxylic acids is 2. The fourth-order valence-electron chi connectivity index (χ4n) is 4.19. The molecule has 0 heterocycles. The van der Waals surface area contributed by atoms with Gasteiger partial charge in [0.25, 0.3) is 0 Å². The molecular weight excluding hydrogens is 270 g/mol. The number of hydrogen-bond acceptors (Lipinski definition) is 4. The van der Waals surface area contributed by atoms with Crippen molar-refractivity contribution in [2.75, 3.05) is 6.61 Å². The van der Waals surface area contributed by atoms with Crippen LogP contribution in [0, 0.1) is 22.7 Å². The van der Waals surface area contributed by atoms with Crippen LogP contribution in [0.1, 0.15) is 47.0 Å². The van der Waals surface area contributed by atoms with Gasteiger partial charge >= 0.3 is 12.1 Å². The Hall–Kier alpha value is -1.52. The number of fused-ring (bicyclic) bond motifs is 2. The molecule has 5 nitrogen and oxygen atoms in total. The minimum Gasteiger partial charge on any atom is -0.448 e. The first-order valence-electron chi connectivity index (χ1n) is 7.56. The van der Waals surface area contributed by atoms with Crippen molar-refractivity contribution in [3.05, 3.63) is 12.2 Å².